The lowest BCUT2D eigenvalue weighted by Crippen LogP contribution is -2.50. The van der Waals surface area contributed by atoms with E-state index in [-0.39, 0.29) is 36.1 Å². The summed E-state index contributed by atoms with van der Waals surface area (Å²) in [5.41, 5.74) is 6.33. The number of rotatable bonds is 11. The standard InChI is InChI=1S/C42H46N8O7/c1-25(45-41(54)57-3)39(52)49-20-4-6-34(49)37-43-23-32(46-37)29-14-10-27(11-15-29)28-12-16-30(17-13-28)33-24-44-38(47-33)35-7-5-21-50(35)40(53)36(48(2)42(55)56)22-26-8-18-31(51)19-9-26/h8-19,23-25,34-36,51H,4-7,20-22H2,1-3H3,(H,43,46)(H,44,47)(H,45,54)(H,55,56)/t25-,34-,35-,36-/m0/s1. The highest BCUT2D eigenvalue weighted by Gasteiger charge is 2.39. The summed E-state index contributed by atoms with van der Waals surface area (Å²) in [6.45, 7) is 2.72. The number of likely N-dealkylation sites (tertiary alicyclic amines) is 2. The van der Waals surface area contributed by atoms with E-state index in [1.165, 1.54) is 26.3 Å². The van der Waals surface area contributed by atoms with Crippen LogP contribution in [-0.2, 0) is 20.7 Å². The van der Waals surface area contributed by atoms with E-state index in [9.17, 15) is 29.4 Å². The van der Waals surface area contributed by atoms with Gasteiger partial charge in [-0.2, -0.15) is 0 Å². The number of H-pyrrole nitrogens is 2. The van der Waals surface area contributed by atoms with Crippen molar-refractivity contribution in [1.29, 1.82) is 0 Å². The van der Waals surface area contributed by atoms with Crippen molar-refractivity contribution >= 4 is 24.0 Å². The maximum atomic E-state index is 13.9. The minimum absolute atomic E-state index is 0.0969. The number of aromatic nitrogens is 4. The number of ether oxygens (including phenoxy) is 1. The molecule has 0 saturated carbocycles. The van der Waals surface area contributed by atoms with Crippen molar-refractivity contribution in [3.8, 4) is 39.4 Å². The summed E-state index contributed by atoms with van der Waals surface area (Å²) < 4.78 is 4.64. The van der Waals surface area contributed by atoms with Gasteiger partial charge in [0.1, 0.15) is 29.5 Å². The molecule has 4 atom stereocenters. The van der Waals surface area contributed by atoms with Crippen molar-refractivity contribution in [3.63, 3.8) is 0 Å². The van der Waals surface area contributed by atoms with Crippen molar-refractivity contribution in [3.05, 3.63) is 102 Å². The van der Waals surface area contributed by atoms with Gasteiger partial charge >= 0.3 is 12.2 Å². The van der Waals surface area contributed by atoms with E-state index in [0.29, 0.717) is 31.2 Å². The van der Waals surface area contributed by atoms with E-state index >= 15 is 0 Å². The zero-order chi connectivity index (χ0) is 40.2. The monoisotopic (exact) mass is 774 g/mol. The molecule has 2 fully saturated rings. The molecule has 5 aromatic rings. The number of aromatic amines is 2. The number of likely N-dealkylation sites (N-methyl/N-ethyl adjacent to an activating group) is 1. The maximum Gasteiger partial charge on any atom is 0.407 e. The van der Waals surface area contributed by atoms with Gasteiger partial charge in [0, 0.05) is 26.6 Å². The smallest absolute Gasteiger partial charge is 0.407 e. The fraction of sp³-hybridized carbons (Fsp3) is 0.333. The first-order chi connectivity index (χ1) is 27.5. The third kappa shape index (κ3) is 8.32. The largest absolute Gasteiger partial charge is 0.508 e. The number of carboxylic acid groups (broad SMARTS) is 1. The van der Waals surface area contributed by atoms with Crippen molar-refractivity contribution in [2.75, 3.05) is 27.2 Å². The third-order valence-corrected chi connectivity index (χ3v) is 10.9. The first kappa shape index (κ1) is 38.6. The number of alkyl carbamates (subject to hydrolysis) is 1. The Kier molecular flexibility index (Phi) is 11.3. The van der Waals surface area contributed by atoms with Crippen LogP contribution in [0.5, 0.6) is 5.75 Å². The van der Waals surface area contributed by atoms with Crippen LogP contribution in [-0.4, -0.2) is 108 Å². The molecule has 0 bridgehead atoms. The van der Waals surface area contributed by atoms with Crippen LogP contribution >= 0.6 is 0 Å². The zero-order valence-electron chi connectivity index (χ0n) is 32.0. The minimum atomic E-state index is -1.19. The van der Waals surface area contributed by atoms with Crippen molar-refractivity contribution in [2.45, 2.75) is 63.2 Å². The molecule has 0 radical (unpaired) electrons. The van der Waals surface area contributed by atoms with Crippen LogP contribution < -0.4 is 5.32 Å². The average Bonchev–Trinajstić information content (AvgIpc) is 4.07. The number of carbonyl (C=O) groups is 4. The second-order valence-corrected chi connectivity index (χ2v) is 14.5. The predicted molar refractivity (Wildman–Crippen MR) is 211 cm³/mol. The molecule has 0 unspecified atom stereocenters. The lowest BCUT2D eigenvalue weighted by molar-refractivity contribution is -0.137. The average molecular weight is 775 g/mol. The van der Waals surface area contributed by atoms with Gasteiger partial charge in [-0.05, 0) is 72.6 Å². The minimum Gasteiger partial charge on any atom is -0.508 e. The number of carbonyl (C=O) groups excluding carboxylic acids is 3. The molecule has 15 heteroatoms. The number of benzene rings is 3. The van der Waals surface area contributed by atoms with Crippen molar-refractivity contribution in [1.82, 2.24) is 40.0 Å². The fourth-order valence-electron chi connectivity index (χ4n) is 7.74. The molecule has 2 aromatic heterocycles. The number of nitrogens with zero attached hydrogens (tertiary/aromatic N) is 5. The molecule has 4 amide bonds. The lowest BCUT2D eigenvalue weighted by atomic mass is 10.0. The Morgan fingerprint density at radius 2 is 1.26 bits per heavy atom. The number of hydrogen-bond donors (Lipinski definition) is 5. The Morgan fingerprint density at radius 3 is 1.74 bits per heavy atom. The number of amides is 4. The molecule has 2 aliphatic rings. The van der Waals surface area contributed by atoms with Gasteiger partial charge < -0.3 is 40.0 Å². The van der Waals surface area contributed by atoms with Crippen LogP contribution in [0.15, 0.2) is 85.2 Å². The van der Waals surface area contributed by atoms with Gasteiger partial charge in [0.15, 0.2) is 0 Å². The Hall–Kier alpha value is -6.64. The van der Waals surface area contributed by atoms with E-state index in [1.807, 2.05) is 48.5 Å². The summed E-state index contributed by atoms with van der Waals surface area (Å²) in [6, 6.07) is 20.5. The highest BCUT2D eigenvalue weighted by Crippen LogP contribution is 2.35. The highest BCUT2D eigenvalue weighted by molar-refractivity contribution is 5.87. The molecule has 0 aliphatic carbocycles. The van der Waals surface area contributed by atoms with Crippen LogP contribution in [0.1, 0.15) is 61.9 Å². The first-order valence-corrected chi connectivity index (χ1v) is 19.0. The summed E-state index contributed by atoms with van der Waals surface area (Å²) in [5, 5.41) is 22.0. The zero-order valence-corrected chi connectivity index (χ0v) is 32.0. The number of imidazole rings is 2. The Balaban J connectivity index is 1.00. The summed E-state index contributed by atoms with van der Waals surface area (Å²) in [4.78, 5) is 71.3. The van der Waals surface area contributed by atoms with Crippen molar-refractivity contribution in [2.24, 2.45) is 0 Å². The van der Waals surface area contributed by atoms with Gasteiger partial charge in [0.05, 0.1) is 43.0 Å². The number of hydrogen-bond acceptors (Lipinski definition) is 8. The first-order valence-electron chi connectivity index (χ1n) is 19.0. The topological polar surface area (TPSA) is 197 Å². The lowest BCUT2D eigenvalue weighted by Gasteiger charge is -2.32. The molecule has 4 heterocycles. The van der Waals surface area contributed by atoms with Gasteiger partial charge in [-0.3, -0.25) is 14.5 Å². The fourth-order valence-corrected chi connectivity index (χ4v) is 7.74. The van der Waals surface area contributed by atoms with Gasteiger partial charge in [0.25, 0.3) is 0 Å². The summed E-state index contributed by atoms with van der Waals surface area (Å²) in [5.74, 6) is 0.980. The Labute approximate surface area is 329 Å². The van der Waals surface area contributed by atoms with E-state index in [4.69, 9.17) is 0 Å². The van der Waals surface area contributed by atoms with Crippen LogP contribution in [0.25, 0.3) is 33.6 Å². The summed E-state index contributed by atoms with van der Waals surface area (Å²) in [6.07, 6.45) is 4.94. The molecule has 3 aromatic carbocycles. The number of phenolic OH excluding ortho intramolecular Hbond substituents is 1. The number of methoxy groups -OCH3 is 1. The van der Waals surface area contributed by atoms with Crippen molar-refractivity contribution < 1.29 is 34.1 Å². The van der Waals surface area contributed by atoms with Gasteiger partial charge in [0.2, 0.25) is 11.8 Å². The predicted octanol–water partition coefficient (Wildman–Crippen LogP) is 6.13. The van der Waals surface area contributed by atoms with Crippen LogP contribution in [0.2, 0.25) is 0 Å². The van der Waals surface area contributed by atoms with E-state index < -0.39 is 24.3 Å². The molecule has 7 rings (SSSR count). The Morgan fingerprint density at radius 1 is 0.789 bits per heavy atom. The highest BCUT2D eigenvalue weighted by atomic mass is 16.5. The summed E-state index contributed by atoms with van der Waals surface area (Å²) >= 11 is 0. The molecule has 2 saturated heterocycles. The van der Waals surface area contributed by atoms with E-state index in [0.717, 1.165) is 63.4 Å². The number of phenols is 1. The molecular weight excluding hydrogens is 729 g/mol. The molecule has 5 N–H and O–H groups in total. The Bertz CT molecular complexity index is 2220. The van der Waals surface area contributed by atoms with E-state index in [1.54, 1.807) is 41.2 Å². The quantitative estimate of drug-likeness (QED) is 0.105. The molecule has 2 aliphatic heterocycles. The SMILES string of the molecule is COC(=O)N[C@@H](C)C(=O)N1CCC[C@H]1c1ncc(-c2ccc(-c3ccc(-c4cnc([C@@H]5CCCN5C(=O)[C@H](Cc5ccc(O)cc5)N(C)C(=O)O)[nH]4)cc3)cc2)[nH]1. The van der Waals surface area contributed by atoms with Crippen LogP contribution in [0.3, 0.4) is 0 Å². The molecule has 0 spiro atoms. The number of aromatic hydroxyl groups is 1. The second-order valence-electron chi connectivity index (χ2n) is 14.5. The second kappa shape index (κ2) is 16.6. The third-order valence-electron chi connectivity index (χ3n) is 10.9. The van der Waals surface area contributed by atoms with Crippen LogP contribution in [0, 0.1) is 0 Å². The number of nitrogens with one attached hydrogen (secondary N) is 3. The van der Waals surface area contributed by atoms with Gasteiger partial charge in [-0.1, -0.05) is 60.7 Å². The normalized spacial score (nSPS) is 17.6. The summed E-state index contributed by atoms with van der Waals surface area (Å²) in [7, 11) is 2.67. The molecule has 57 heavy (non-hydrogen) atoms. The van der Waals surface area contributed by atoms with Gasteiger partial charge in [-0.15, -0.1) is 0 Å². The van der Waals surface area contributed by atoms with Crippen LogP contribution in [0.4, 0.5) is 9.59 Å². The van der Waals surface area contributed by atoms with E-state index in [2.05, 4.69) is 30.0 Å². The molecule has 15 nitrogen and oxygen atoms in total. The molecular formula is C42H46N8O7. The molecule has 296 valence electrons. The maximum absolute atomic E-state index is 13.9. The van der Waals surface area contributed by atoms with Gasteiger partial charge in [-0.25, -0.2) is 19.6 Å².